The second-order valence-electron chi connectivity index (χ2n) is 3.92. The van der Waals surface area contributed by atoms with Gasteiger partial charge in [0.25, 0.3) is 0 Å². The lowest BCUT2D eigenvalue weighted by Crippen LogP contribution is -2.30. The fraction of sp³-hybridized carbons (Fsp3) is 0.455. The second kappa shape index (κ2) is 6.21. The van der Waals surface area contributed by atoms with Crippen molar-refractivity contribution in [3.8, 4) is 0 Å². The predicted octanol–water partition coefficient (Wildman–Crippen LogP) is 1.79. The zero-order valence-corrected chi connectivity index (χ0v) is 13.1. The molecule has 0 N–H and O–H groups in total. The van der Waals surface area contributed by atoms with E-state index in [0.717, 1.165) is 0 Å². The highest BCUT2D eigenvalue weighted by Gasteiger charge is 2.21. The molecule has 0 radical (unpaired) electrons. The van der Waals surface area contributed by atoms with E-state index in [-0.39, 0.29) is 10.6 Å². The van der Waals surface area contributed by atoms with E-state index in [4.69, 9.17) is 10.7 Å². The van der Waals surface area contributed by atoms with E-state index >= 15 is 0 Å². The topological polar surface area (TPSA) is 71.5 Å². The molecule has 19 heavy (non-hydrogen) atoms. The molecule has 0 heterocycles. The van der Waals surface area contributed by atoms with Crippen LogP contribution in [-0.2, 0) is 24.8 Å². The average molecular weight is 326 g/mol. The van der Waals surface area contributed by atoms with Gasteiger partial charge in [0.1, 0.15) is 0 Å². The van der Waals surface area contributed by atoms with Gasteiger partial charge in [0.15, 0.2) is 0 Å². The quantitative estimate of drug-likeness (QED) is 0.747. The van der Waals surface area contributed by atoms with E-state index in [0.29, 0.717) is 18.7 Å². The molecule has 0 bridgehead atoms. The normalized spacial score (nSPS) is 12.8. The molecule has 1 aromatic carbocycles. The van der Waals surface area contributed by atoms with E-state index in [1.54, 1.807) is 13.8 Å². The van der Waals surface area contributed by atoms with Gasteiger partial charge in [-0.15, -0.1) is 0 Å². The van der Waals surface area contributed by atoms with Gasteiger partial charge in [-0.3, -0.25) is 0 Å². The number of rotatable bonds is 6. The number of halogens is 1. The monoisotopic (exact) mass is 325 g/mol. The number of hydrogen-bond donors (Lipinski definition) is 0. The van der Waals surface area contributed by atoms with Crippen LogP contribution in [0, 0.1) is 0 Å². The molecule has 0 aromatic heterocycles. The van der Waals surface area contributed by atoms with Crippen LogP contribution >= 0.6 is 10.7 Å². The summed E-state index contributed by atoms with van der Waals surface area (Å²) in [6, 6.07) is 5.70. The van der Waals surface area contributed by atoms with Gasteiger partial charge in [-0.1, -0.05) is 26.0 Å². The maximum atomic E-state index is 12.2. The summed E-state index contributed by atoms with van der Waals surface area (Å²) in [5, 5.41) is 0. The Hall–Kier alpha value is -0.630. The summed E-state index contributed by atoms with van der Waals surface area (Å²) in [4.78, 5) is 0.145. The first-order chi connectivity index (χ1) is 8.70. The summed E-state index contributed by atoms with van der Waals surface area (Å²) in [6.07, 6.45) is 0. The summed E-state index contributed by atoms with van der Waals surface area (Å²) >= 11 is 0. The summed E-state index contributed by atoms with van der Waals surface area (Å²) in [6.45, 7) is 4.29. The Morgan fingerprint density at radius 2 is 1.47 bits per heavy atom. The van der Waals surface area contributed by atoms with Crippen molar-refractivity contribution in [1.82, 2.24) is 4.31 Å². The Morgan fingerprint density at radius 3 is 1.84 bits per heavy atom. The molecule has 0 aliphatic carbocycles. The SMILES string of the molecule is CCN(CC)S(=O)(=O)c1ccc(CS(=O)(=O)Cl)cc1. The van der Waals surface area contributed by atoms with Crippen molar-refractivity contribution < 1.29 is 16.8 Å². The molecule has 0 fully saturated rings. The number of benzene rings is 1. The minimum Gasteiger partial charge on any atom is -0.212 e. The predicted molar refractivity (Wildman–Crippen MR) is 75.0 cm³/mol. The van der Waals surface area contributed by atoms with Crippen LogP contribution in [0.5, 0.6) is 0 Å². The third-order valence-electron chi connectivity index (χ3n) is 2.61. The zero-order chi connectivity index (χ0) is 14.7. The Bertz CT molecular complexity index is 619. The third-order valence-corrected chi connectivity index (χ3v) is 5.68. The van der Waals surface area contributed by atoms with Crippen molar-refractivity contribution in [2.45, 2.75) is 24.5 Å². The highest BCUT2D eigenvalue weighted by molar-refractivity contribution is 8.13. The molecule has 0 aliphatic rings. The van der Waals surface area contributed by atoms with E-state index < -0.39 is 19.1 Å². The van der Waals surface area contributed by atoms with Crippen molar-refractivity contribution in [2.24, 2.45) is 0 Å². The smallest absolute Gasteiger partial charge is 0.212 e. The molecule has 0 saturated heterocycles. The van der Waals surface area contributed by atoms with Crippen LogP contribution in [-0.4, -0.2) is 34.2 Å². The Morgan fingerprint density at radius 1 is 1.00 bits per heavy atom. The van der Waals surface area contributed by atoms with Crippen LogP contribution < -0.4 is 0 Å². The van der Waals surface area contributed by atoms with Gasteiger partial charge in [-0.05, 0) is 17.7 Å². The molecule has 0 aliphatic heterocycles. The van der Waals surface area contributed by atoms with Gasteiger partial charge >= 0.3 is 0 Å². The van der Waals surface area contributed by atoms with Crippen molar-refractivity contribution in [3.63, 3.8) is 0 Å². The minimum absolute atomic E-state index is 0.145. The first-order valence-electron chi connectivity index (χ1n) is 5.72. The second-order valence-corrected chi connectivity index (χ2v) is 8.63. The Kier molecular flexibility index (Phi) is 5.37. The van der Waals surface area contributed by atoms with Gasteiger partial charge < -0.3 is 0 Å². The molecule has 0 unspecified atom stereocenters. The third kappa shape index (κ3) is 4.45. The minimum atomic E-state index is -3.64. The van der Waals surface area contributed by atoms with Crippen LogP contribution in [0.15, 0.2) is 29.2 Å². The first-order valence-corrected chi connectivity index (χ1v) is 9.64. The van der Waals surface area contributed by atoms with E-state index in [9.17, 15) is 16.8 Å². The van der Waals surface area contributed by atoms with Crippen LogP contribution in [0.2, 0.25) is 0 Å². The zero-order valence-electron chi connectivity index (χ0n) is 10.7. The standard InChI is InChI=1S/C11H16ClNO4S2/c1-3-13(4-2)19(16,17)11-7-5-10(6-8-11)9-18(12,14)15/h5-8H,3-4,9H2,1-2H3. The van der Waals surface area contributed by atoms with Crippen molar-refractivity contribution in [1.29, 1.82) is 0 Å². The lowest BCUT2D eigenvalue weighted by molar-refractivity contribution is 0.445. The molecule has 1 rings (SSSR count). The van der Waals surface area contributed by atoms with Gasteiger partial charge in [0.2, 0.25) is 19.1 Å². The van der Waals surface area contributed by atoms with Gasteiger partial charge in [0.05, 0.1) is 10.6 Å². The Balaban J connectivity index is 3.05. The van der Waals surface area contributed by atoms with Gasteiger partial charge in [0, 0.05) is 23.8 Å². The van der Waals surface area contributed by atoms with Gasteiger partial charge in [-0.2, -0.15) is 4.31 Å². The maximum Gasteiger partial charge on any atom is 0.243 e. The van der Waals surface area contributed by atoms with Crippen molar-refractivity contribution in [3.05, 3.63) is 29.8 Å². The molecule has 0 amide bonds. The van der Waals surface area contributed by atoms with Gasteiger partial charge in [-0.25, -0.2) is 16.8 Å². The molecule has 0 saturated carbocycles. The lowest BCUT2D eigenvalue weighted by atomic mass is 10.2. The summed E-state index contributed by atoms with van der Waals surface area (Å²) < 4.78 is 47.5. The molecule has 108 valence electrons. The molecule has 0 atom stereocenters. The fourth-order valence-corrected chi connectivity index (χ4v) is 4.10. The highest BCUT2D eigenvalue weighted by atomic mass is 35.7. The molecular weight excluding hydrogens is 310 g/mol. The first kappa shape index (κ1) is 16.4. The lowest BCUT2D eigenvalue weighted by Gasteiger charge is -2.18. The molecule has 0 spiro atoms. The van der Waals surface area contributed by atoms with Crippen LogP contribution in [0.25, 0.3) is 0 Å². The molecule has 5 nitrogen and oxygen atoms in total. The van der Waals surface area contributed by atoms with E-state index in [1.165, 1.54) is 28.6 Å². The fourth-order valence-electron chi connectivity index (χ4n) is 1.67. The van der Waals surface area contributed by atoms with Crippen molar-refractivity contribution in [2.75, 3.05) is 13.1 Å². The summed E-state index contributed by atoms with van der Waals surface area (Å²) in [5.74, 6) is -0.319. The number of hydrogen-bond acceptors (Lipinski definition) is 4. The summed E-state index contributed by atoms with van der Waals surface area (Å²) in [7, 11) is -2.01. The Labute approximate surface area is 118 Å². The van der Waals surface area contributed by atoms with E-state index in [1.807, 2.05) is 0 Å². The van der Waals surface area contributed by atoms with E-state index in [2.05, 4.69) is 0 Å². The van der Waals surface area contributed by atoms with Crippen LogP contribution in [0.1, 0.15) is 19.4 Å². The molecular formula is C11H16ClNO4S2. The maximum absolute atomic E-state index is 12.2. The van der Waals surface area contributed by atoms with Crippen LogP contribution in [0.4, 0.5) is 0 Å². The molecule has 8 heteroatoms. The largest absolute Gasteiger partial charge is 0.243 e. The molecule has 1 aromatic rings. The average Bonchev–Trinajstić information content (AvgIpc) is 2.28. The number of nitrogens with zero attached hydrogens (tertiary/aromatic N) is 1. The van der Waals surface area contributed by atoms with Crippen molar-refractivity contribution >= 4 is 29.8 Å². The summed E-state index contributed by atoms with van der Waals surface area (Å²) in [5.41, 5.74) is 0.452. The van der Waals surface area contributed by atoms with Crippen LogP contribution in [0.3, 0.4) is 0 Å². The highest BCUT2D eigenvalue weighted by Crippen LogP contribution is 2.17. The number of sulfonamides is 1.